The number of nitrogens with one attached hydrogen (secondary N) is 1. The first kappa shape index (κ1) is 46.5. The first-order chi connectivity index (χ1) is 28.3. The van der Waals surface area contributed by atoms with Gasteiger partial charge in [0, 0.05) is 24.6 Å². The van der Waals surface area contributed by atoms with Crippen molar-refractivity contribution in [2.45, 2.75) is 110 Å². The fourth-order valence-electron chi connectivity index (χ4n) is 6.65. The molecular weight excluding hydrogens is 751 g/mol. The van der Waals surface area contributed by atoms with Crippen LogP contribution in [0, 0.1) is 11.8 Å². The maximum Gasteiger partial charge on any atom is 0.408 e. The lowest BCUT2D eigenvalue weighted by Crippen LogP contribution is -2.46. The van der Waals surface area contributed by atoms with Crippen molar-refractivity contribution >= 4 is 23.9 Å². The minimum absolute atomic E-state index is 0.0252. The van der Waals surface area contributed by atoms with Gasteiger partial charge in [-0.1, -0.05) is 61.5 Å². The number of nitrogens with two attached hydrogens (primary N) is 2. The lowest BCUT2D eigenvalue weighted by molar-refractivity contribution is -0.147. The maximum absolute atomic E-state index is 12.6. The zero-order valence-corrected chi connectivity index (χ0v) is 35.5. The molecule has 0 aliphatic carbocycles. The smallest absolute Gasteiger partial charge is 0.408 e. The first-order valence-electron chi connectivity index (χ1n) is 20.9. The van der Waals surface area contributed by atoms with Crippen molar-refractivity contribution in [2.75, 3.05) is 32.8 Å². The van der Waals surface area contributed by atoms with Gasteiger partial charge < -0.3 is 45.5 Å². The van der Waals surface area contributed by atoms with Crippen LogP contribution in [0.15, 0.2) is 84.0 Å². The summed E-state index contributed by atoms with van der Waals surface area (Å²) in [6.45, 7) is 13.5. The molecule has 2 atom stereocenters. The van der Waals surface area contributed by atoms with Crippen LogP contribution in [0.3, 0.4) is 0 Å². The number of esters is 1. The second-order valence-electron chi connectivity index (χ2n) is 16.5. The van der Waals surface area contributed by atoms with Crippen molar-refractivity contribution in [3.8, 4) is 11.5 Å². The monoisotopic (exact) mass is 815 g/mol. The number of nitrogens with zero attached hydrogens (tertiary/aromatic N) is 2. The van der Waals surface area contributed by atoms with E-state index in [4.69, 9.17) is 35.3 Å². The Kier molecular flexibility index (Phi) is 19.0. The van der Waals surface area contributed by atoms with Crippen molar-refractivity contribution in [1.29, 1.82) is 0 Å². The molecule has 1 heterocycles. The summed E-state index contributed by atoms with van der Waals surface area (Å²) in [5, 5.41) is 6.33. The quantitative estimate of drug-likeness (QED) is 0.0227. The minimum atomic E-state index is -0.952. The summed E-state index contributed by atoms with van der Waals surface area (Å²) in [6.07, 6.45) is 6.50. The molecule has 1 unspecified atom stereocenters. The summed E-state index contributed by atoms with van der Waals surface area (Å²) in [6, 6.07) is 23.7. The van der Waals surface area contributed by atoms with E-state index in [1.165, 1.54) is 12.8 Å². The van der Waals surface area contributed by atoms with E-state index in [1.54, 1.807) is 58.9 Å². The third kappa shape index (κ3) is 17.7. The van der Waals surface area contributed by atoms with Crippen LogP contribution in [0.2, 0.25) is 0 Å². The second kappa shape index (κ2) is 24.1. The van der Waals surface area contributed by atoms with E-state index in [2.05, 4.69) is 15.4 Å². The topological polar surface area (TPSA) is 177 Å². The Balaban J connectivity index is 1.03. The van der Waals surface area contributed by atoms with Crippen LogP contribution in [0.1, 0.15) is 109 Å². The number of ether oxygens (including phenoxy) is 4. The van der Waals surface area contributed by atoms with E-state index in [0.717, 1.165) is 55.8 Å². The highest BCUT2D eigenvalue weighted by atomic mass is 16.7. The van der Waals surface area contributed by atoms with Gasteiger partial charge in [0.1, 0.15) is 29.7 Å². The maximum atomic E-state index is 12.6. The number of carbonyl (C=O) groups excluding carboxylic acids is 3. The summed E-state index contributed by atoms with van der Waals surface area (Å²) < 4.78 is 22.6. The van der Waals surface area contributed by atoms with Gasteiger partial charge in [0.05, 0.1) is 13.2 Å². The average Bonchev–Trinajstić information content (AvgIpc) is 3.22. The minimum Gasteiger partial charge on any atom is -0.494 e. The molecule has 13 heteroatoms. The van der Waals surface area contributed by atoms with Crippen LogP contribution >= 0.6 is 0 Å². The third-order valence-corrected chi connectivity index (χ3v) is 10.0. The number of rotatable bonds is 22. The fourth-order valence-corrected chi connectivity index (χ4v) is 6.65. The Morgan fingerprint density at radius 2 is 1.49 bits per heavy atom. The van der Waals surface area contributed by atoms with Crippen LogP contribution in [0.5, 0.6) is 11.5 Å². The van der Waals surface area contributed by atoms with Crippen molar-refractivity contribution in [2.24, 2.45) is 28.5 Å². The fraction of sp³-hybridized carbons (Fsp3) is 0.522. The molecule has 1 amide bonds. The number of carbonyl (C=O) groups is 3. The van der Waals surface area contributed by atoms with E-state index in [1.807, 2.05) is 54.6 Å². The second-order valence-corrected chi connectivity index (χ2v) is 16.5. The standard InChI is InChI=1S/C46H65N5O8/c1-33(2)42(49-45(54)58-46(3,4)5)44(53)59-50-43(48)37-19-23-39(24-20-37)56-31-11-27-51-28-25-34(26-29-51)14-10-30-55-38-21-17-36(18-22-38)40(47)15-9-16-41(52)57-32-35-12-7-6-8-13-35/h6-8,12-13,17-24,33-34,40,42H,9-11,14-16,25-32,47H2,1-5H3,(H2,48,50)(H,49,54)/t40?,42-/m0/s1. The summed E-state index contributed by atoms with van der Waals surface area (Å²) in [5.74, 6) is 1.10. The molecule has 0 bridgehead atoms. The molecule has 13 nitrogen and oxygen atoms in total. The summed E-state index contributed by atoms with van der Waals surface area (Å²) in [5.41, 5.74) is 14.3. The van der Waals surface area contributed by atoms with Crippen LogP contribution in [0.4, 0.5) is 4.79 Å². The molecule has 0 spiro atoms. The molecule has 0 saturated carbocycles. The zero-order chi connectivity index (χ0) is 42.6. The van der Waals surface area contributed by atoms with Crippen LogP contribution in [-0.4, -0.2) is 73.3 Å². The predicted molar refractivity (Wildman–Crippen MR) is 229 cm³/mol. The molecule has 5 N–H and O–H groups in total. The largest absolute Gasteiger partial charge is 0.494 e. The van der Waals surface area contributed by atoms with Crippen molar-refractivity contribution < 1.29 is 38.2 Å². The number of amides is 1. The van der Waals surface area contributed by atoms with Gasteiger partial charge in [0.25, 0.3) is 0 Å². The molecular formula is C46H65N5O8. The summed E-state index contributed by atoms with van der Waals surface area (Å²) in [4.78, 5) is 44.5. The Morgan fingerprint density at radius 3 is 2.12 bits per heavy atom. The van der Waals surface area contributed by atoms with Gasteiger partial charge in [-0.25, -0.2) is 9.59 Å². The number of alkyl carbamates (subject to hydrolysis) is 1. The average molecular weight is 816 g/mol. The van der Waals surface area contributed by atoms with E-state index in [0.29, 0.717) is 56.3 Å². The van der Waals surface area contributed by atoms with Gasteiger partial charge in [-0.2, -0.15) is 0 Å². The molecule has 4 rings (SSSR count). The molecule has 1 aliphatic rings. The zero-order valence-electron chi connectivity index (χ0n) is 35.5. The number of piperidine rings is 1. The van der Waals surface area contributed by atoms with Gasteiger partial charge in [-0.05, 0) is 138 Å². The molecule has 1 aliphatic heterocycles. The molecule has 1 fully saturated rings. The third-order valence-electron chi connectivity index (χ3n) is 10.0. The SMILES string of the molecule is CC(C)[C@H](NC(=O)OC(C)(C)C)C(=O)O/N=C(\N)c1ccc(OCCCN2CCC(CCCOc3ccc(C(N)CCCC(=O)OCc4ccccc4)cc3)CC2)cc1. The number of hydrogen-bond donors (Lipinski definition) is 3. The highest BCUT2D eigenvalue weighted by molar-refractivity contribution is 5.97. The highest BCUT2D eigenvalue weighted by Crippen LogP contribution is 2.24. The Morgan fingerprint density at radius 1 is 0.864 bits per heavy atom. The van der Waals surface area contributed by atoms with Crippen molar-refractivity contribution in [3.63, 3.8) is 0 Å². The predicted octanol–water partition coefficient (Wildman–Crippen LogP) is 7.65. The van der Waals surface area contributed by atoms with Crippen molar-refractivity contribution in [3.05, 3.63) is 95.6 Å². The van der Waals surface area contributed by atoms with Crippen LogP contribution in [0.25, 0.3) is 0 Å². The van der Waals surface area contributed by atoms with E-state index in [9.17, 15) is 14.4 Å². The van der Waals surface area contributed by atoms with Crippen LogP contribution in [-0.2, 0) is 30.5 Å². The van der Waals surface area contributed by atoms with Crippen LogP contribution < -0.4 is 26.3 Å². The lowest BCUT2D eigenvalue weighted by atomic mass is 9.92. The first-order valence-corrected chi connectivity index (χ1v) is 20.9. The highest BCUT2D eigenvalue weighted by Gasteiger charge is 2.29. The molecule has 59 heavy (non-hydrogen) atoms. The molecule has 3 aromatic carbocycles. The van der Waals surface area contributed by atoms with E-state index >= 15 is 0 Å². The Labute approximate surface area is 350 Å². The molecule has 1 saturated heterocycles. The normalized spacial score (nSPS) is 14.9. The number of benzene rings is 3. The Bertz CT molecular complexity index is 1740. The van der Waals surface area contributed by atoms with Gasteiger partial charge in [0.15, 0.2) is 5.84 Å². The van der Waals surface area contributed by atoms with Gasteiger partial charge >= 0.3 is 18.0 Å². The van der Waals surface area contributed by atoms with Crippen molar-refractivity contribution in [1.82, 2.24) is 10.2 Å². The van der Waals surface area contributed by atoms with E-state index in [-0.39, 0.29) is 23.8 Å². The number of likely N-dealkylation sites (tertiary alicyclic amines) is 1. The van der Waals surface area contributed by atoms with Gasteiger partial charge in [-0.15, -0.1) is 0 Å². The molecule has 3 aromatic rings. The van der Waals surface area contributed by atoms with E-state index < -0.39 is 23.7 Å². The number of oxime groups is 1. The molecule has 322 valence electrons. The molecule has 0 radical (unpaired) electrons. The molecule has 0 aromatic heterocycles. The van der Waals surface area contributed by atoms with Gasteiger partial charge in [0.2, 0.25) is 0 Å². The summed E-state index contributed by atoms with van der Waals surface area (Å²) >= 11 is 0. The number of hydrogen-bond acceptors (Lipinski definition) is 11. The summed E-state index contributed by atoms with van der Waals surface area (Å²) in [7, 11) is 0. The Hall–Kier alpha value is -5.14. The van der Waals surface area contributed by atoms with Gasteiger partial charge in [-0.3, -0.25) is 4.79 Å². The number of amidine groups is 1. The lowest BCUT2D eigenvalue weighted by Gasteiger charge is -2.32.